The third kappa shape index (κ3) is 3.33. The average Bonchev–Trinajstić information content (AvgIpc) is 2.47. The van der Waals surface area contributed by atoms with Gasteiger partial charge in [-0.3, -0.25) is 4.79 Å². The number of amides is 1. The second kappa shape index (κ2) is 6.36. The molecule has 0 aliphatic carbocycles. The topological polar surface area (TPSA) is 70.1 Å². The van der Waals surface area contributed by atoms with Crippen LogP contribution in [-0.4, -0.2) is 47.5 Å². The smallest absolute Gasteiger partial charge is 0.241 e. The summed E-state index contributed by atoms with van der Waals surface area (Å²) in [7, 11) is 1.82. The highest BCUT2D eigenvalue weighted by Crippen LogP contribution is 2.17. The molecule has 0 aromatic carbocycles. The summed E-state index contributed by atoms with van der Waals surface area (Å²) in [6.45, 7) is 3.98. The monoisotopic (exact) mass is 263 g/mol. The second-order valence-corrected chi connectivity index (χ2v) is 4.74. The summed E-state index contributed by atoms with van der Waals surface area (Å²) in [5, 5.41) is 6.10. The molecule has 6 heteroatoms. The van der Waals surface area contributed by atoms with E-state index in [9.17, 15) is 4.79 Å². The summed E-state index contributed by atoms with van der Waals surface area (Å²) in [4.78, 5) is 22.3. The van der Waals surface area contributed by atoms with Crippen LogP contribution in [0.25, 0.3) is 0 Å². The number of aromatic nitrogens is 2. The molecule has 1 aromatic rings. The van der Waals surface area contributed by atoms with Crippen molar-refractivity contribution in [2.24, 2.45) is 0 Å². The normalized spacial score (nSPS) is 15.2. The molecule has 0 atom stereocenters. The fraction of sp³-hybridized carbons (Fsp3) is 0.615. The van der Waals surface area contributed by atoms with Crippen LogP contribution in [0.15, 0.2) is 6.33 Å². The summed E-state index contributed by atoms with van der Waals surface area (Å²) in [5.74, 6) is 1.64. The maximum atomic E-state index is 12.0. The van der Waals surface area contributed by atoms with E-state index in [2.05, 4.69) is 20.6 Å². The summed E-state index contributed by atoms with van der Waals surface area (Å²) >= 11 is 0. The Morgan fingerprint density at radius 1 is 1.26 bits per heavy atom. The Morgan fingerprint density at radius 2 is 1.95 bits per heavy atom. The average molecular weight is 263 g/mol. The molecule has 6 nitrogen and oxygen atoms in total. The van der Waals surface area contributed by atoms with Gasteiger partial charge in [-0.25, -0.2) is 9.97 Å². The van der Waals surface area contributed by atoms with Gasteiger partial charge in [0.05, 0.1) is 6.54 Å². The Kier molecular flexibility index (Phi) is 4.54. The standard InChI is InChI=1S/C13H21N5O/c1-10-12(14-2)16-9-17-13(10)15-8-11(19)18-6-4-3-5-7-18/h9H,3-8H2,1-2H3,(H2,14,15,16,17). The lowest BCUT2D eigenvalue weighted by molar-refractivity contribution is -0.130. The first-order valence-corrected chi connectivity index (χ1v) is 6.73. The van der Waals surface area contributed by atoms with Crippen LogP contribution < -0.4 is 10.6 Å². The maximum absolute atomic E-state index is 12.0. The molecule has 2 rings (SSSR count). The van der Waals surface area contributed by atoms with Crippen LogP contribution in [0.4, 0.5) is 11.6 Å². The van der Waals surface area contributed by atoms with Gasteiger partial charge < -0.3 is 15.5 Å². The third-order valence-electron chi connectivity index (χ3n) is 3.44. The van der Waals surface area contributed by atoms with E-state index in [1.54, 1.807) is 0 Å². The highest BCUT2D eigenvalue weighted by Gasteiger charge is 2.16. The maximum Gasteiger partial charge on any atom is 0.241 e. The number of carbonyl (C=O) groups excluding carboxylic acids is 1. The lowest BCUT2D eigenvalue weighted by Gasteiger charge is -2.26. The predicted octanol–water partition coefficient (Wildman–Crippen LogP) is 1.25. The highest BCUT2D eigenvalue weighted by molar-refractivity contribution is 5.81. The van der Waals surface area contributed by atoms with Gasteiger partial charge in [-0.05, 0) is 26.2 Å². The van der Waals surface area contributed by atoms with Gasteiger partial charge in [0.15, 0.2) is 0 Å². The van der Waals surface area contributed by atoms with Crippen LogP contribution in [0.2, 0.25) is 0 Å². The molecule has 1 amide bonds. The zero-order valence-corrected chi connectivity index (χ0v) is 11.6. The first kappa shape index (κ1) is 13.6. The van der Waals surface area contributed by atoms with E-state index >= 15 is 0 Å². The van der Waals surface area contributed by atoms with E-state index in [4.69, 9.17) is 0 Å². The summed E-state index contributed by atoms with van der Waals surface area (Å²) in [5.41, 5.74) is 0.927. The molecule has 2 N–H and O–H groups in total. The van der Waals surface area contributed by atoms with Gasteiger partial charge in [0.1, 0.15) is 18.0 Å². The number of hydrogen-bond acceptors (Lipinski definition) is 5. The summed E-state index contributed by atoms with van der Waals surface area (Å²) in [6, 6.07) is 0. The minimum atomic E-state index is 0.142. The van der Waals surface area contributed by atoms with Crippen molar-refractivity contribution in [3.63, 3.8) is 0 Å². The molecule has 2 heterocycles. The molecular weight excluding hydrogens is 242 g/mol. The summed E-state index contributed by atoms with van der Waals surface area (Å²) in [6.07, 6.45) is 4.95. The van der Waals surface area contributed by atoms with E-state index in [1.807, 2.05) is 18.9 Å². The minimum Gasteiger partial charge on any atom is -0.373 e. The van der Waals surface area contributed by atoms with Crippen molar-refractivity contribution in [3.05, 3.63) is 11.9 Å². The fourth-order valence-corrected chi connectivity index (χ4v) is 2.29. The van der Waals surface area contributed by atoms with Crippen LogP contribution in [0.5, 0.6) is 0 Å². The number of carbonyl (C=O) groups is 1. The van der Waals surface area contributed by atoms with Crippen LogP contribution >= 0.6 is 0 Å². The number of rotatable bonds is 4. The lowest BCUT2D eigenvalue weighted by atomic mass is 10.1. The SMILES string of the molecule is CNc1ncnc(NCC(=O)N2CCCCC2)c1C. The van der Waals surface area contributed by atoms with Crippen LogP contribution in [0.1, 0.15) is 24.8 Å². The number of anilines is 2. The van der Waals surface area contributed by atoms with Gasteiger partial charge in [-0.15, -0.1) is 0 Å². The molecule has 1 fully saturated rings. The van der Waals surface area contributed by atoms with Gasteiger partial charge in [0.2, 0.25) is 5.91 Å². The Morgan fingerprint density at radius 3 is 2.63 bits per heavy atom. The van der Waals surface area contributed by atoms with E-state index in [-0.39, 0.29) is 5.91 Å². The fourth-order valence-electron chi connectivity index (χ4n) is 2.29. The largest absolute Gasteiger partial charge is 0.373 e. The van der Waals surface area contributed by atoms with Gasteiger partial charge in [-0.2, -0.15) is 0 Å². The van der Waals surface area contributed by atoms with Crippen molar-refractivity contribution in [3.8, 4) is 0 Å². The number of nitrogens with zero attached hydrogens (tertiary/aromatic N) is 3. The quantitative estimate of drug-likeness (QED) is 0.855. The molecule has 1 aliphatic rings. The number of nitrogens with one attached hydrogen (secondary N) is 2. The van der Waals surface area contributed by atoms with Crippen molar-refractivity contribution in [1.82, 2.24) is 14.9 Å². The van der Waals surface area contributed by atoms with E-state index in [0.29, 0.717) is 12.4 Å². The zero-order valence-electron chi connectivity index (χ0n) is 11.6. The van der Waals surface area contributed by atoms with Crippen LogP contribution in [0.3, 0.4) is 0 Å². The van der Waals surface area contributed by atoms with Gasteiger partial charge in [0, 0.05) is 25.7 Å². The molecule has 0 unspecified atom stereocenters. The first-order valence-electron chi connectivity index (χ1n) is 6.73. The van der Waals surface area contributed by atoms with Gasteiger partial charge in [-0.1, -0.05) is 0 Å². The molecule has 1 aromatic heterocycles. The molecule has 0 bridgehead atoms. The molecule has 1 saturated heterocycles. The van der Waals surface area contributed by atoms with Gasteiger partial charge in [0.25, 0.3) is 0 Å². The van der Waals surface area contributed by atoms with Crippen LogP contribution in [0, 0.1) is 6.92 Å². The second-order valence-electron chi connectivity index (χ2n) is 4.74. The highest BCUT2D eigenvalue weighted by atomic mass is 16.2. The number of hydrogen-bond donors (Lipinski definition) is 2. The van der Waals surface area contributed by atoms with Crippen LogP contribution in [-0.2, 0) is 4.79 Å². The van der Waals surface area contributed by atoms with Crippen molar-refractivity contribution in [2.45, 2.75) is 26.2 Å². The Bertz CT molecular complexity index is 443. The number of likely N-dealkylation sites (tertiary alicyclic amines) is 1. The molecule has 0 spiro atoms. The molecule has 104 valence electrons. The van der Waals surface area contributed by atoms with Crippen molar-refractivity contribution in [2.75, 3.05) is 37.3 Å². The first-order chi connectivity index (χ1) is 9.22. The zero-order chi connectivity index (χ0) is 13.7. The van der Waals surface area contributed by atoms with E-state index in [0.717, 1.165) is 37.3 Å². The predicted molar refractivity (Wildman–Crippen MR) is 75.2 cm³/mol. The molecule has 1 aliphatic heterocycles. The molecule has 0 radical (unpaired) electrons. The van der Waals surface area contributed by atoms with Gasteiger partial charge >= 0.3 is 0 Å². The Labute approximate surface area is 113 Å². The number of piperidine rings is 1. The molecule has 19 heavy (non-hydrogen) atoms. The van der Waals surface area contributed by atoms with E-state index in [1.165, 1.54) is 12.7 Å². The van der Waals surface area contributed by atoms with Crippen molar-refractivity contribution >= 4 is 17.5 Å². The Balaban J connectivity index is 1.93. The molecule has 0 saturated carbocycles. The van der Waals surface area contributed by atoms with E-state index < -0.39 is 0 Å². The summed E-state index contributed by atoms with van der Waals surface area (Å²) < 4.78 is 0. The minimum absolute atomic E-state index is 0.142. The molecular formula is C13H21N5O. The third-order valence-corrected chi connectivity index (χ3v) is 3.44. The lowest BCUT2D eigenvalue weighted by Crippen LogP contribution is -2.39. The Hall–Kier alpha value is -1.85. The van der Waals surface area contributed by atoms with Crippen molar-refractivity contribution < 1.29 is 4.79 Å². The van der Waals surface area contributed by atoms with Crippen molar-refractivity contribution in [1.29, 1.82) is 0 Å².